The molecule has 0 bridgehead atoms. The van der Waals surface area contributed by atoms with Gasteiger partial charge in [0.1, 0.15) is 5.76 Å². The minimum absolute atomic E-state index is 0.0584. The maximum atomic E-state index is 12.4. The molecule has 1 amide bonds. The number of hydrogen-bond donors (Lipinski definition) is 1. The zero-order chi connectivity index (χ0) is 16.4. The van der Waals surface area contributed by atoms with E-state index in [9.17, 15) is 9.59 Å². The van der Waals surface area contributed by atoms with Crippen LogP contribution in [0.2, 0.25) is 0 Å². The first-order valence-corrected chi connectivity index (χ1v) is 8.05. The van der Waals surface area contributed by atoms with Crippen molar-refractivity contribution in [3.8, 4) is 10.8 Å². The summed E-state index contributed by atoms with van der Waals surface area (Å²) >= 11 is 1.52. The third-order valence-corrected chi connectivity index (χ3v) is 4.50. The predicted octanol–water partition coefficient (Wildman–Crippen LogP) is 1.57. The first-order chi connectivity index (χ1) is 11.0. The van der Waals surface area contributed by atoms with Crippen LogP contribution in [-0.2, 0) is 20.7 Å². The predicted molar refractivity (Wildman–Crippen MR) is 82.2 cm³/mol. The lowest BCUT2D eigenvalue weighted by atomic mass is 10.2. The van der Waals surface area contributed by atoms with Gasteiger partial charge in [-0.1, -0.05) is 6.07 Å². The Kier molecular flexibility index (Phi) is 4.44. The Hall–Kier alpha value is -2.19. The Morgan fingerprint density at radius 2 is 2.35 bits per heavy atom. The third kappa shape index (κ3) is 3.43. The molecule has 0 saturated carbocycles. The van der Waals surface area contributed by atoms with Crippen LogP contribution in [0, 0.1) is 6.92 Å². The van der Waals surface area contributed by atoms with Crippen molar-refractivity contribution < 1.29 is 23.8 Å². The molecule has 122 valence electrons. The molecule has 1 atom stereocenters. The summed E-state index contributed by atoms with van der Waals surface area (Å²) in [7, 11) is 0. The Bertz CT molecular complexity index is 710. The number of carbonyl (C=O) groups excluding carboxylic acids is 1. The van der Waals surface area contributed by atoms with Gasteiger partial charge in [0.05, 0.1) is 30.1 Å². The van der Waals surface area contributed by atoms with E-state index in [4.69, 9.17) is 14.3 Å². The quantitative estimate of drug-likeness (QED) is 0.911. The smallest absolute Gasteiger partial charge is 0.334 e. The lowest BCUT2D eigenvalue weighted by molar-refractivity contribution is -0.159. The zero-order valence-corrected chi connectivity index (χ0v) is 13.3. The van der Waals surface area contributed by atoms with E-state index in [1.54, 1.807) is 6.92 Å². The molecule has 1 unspecified atom stereocenters. The van der Waals surface area contributed by atoms with E-state index < -0.39 is 12.1 Å². The van der Waals surface area contributed by atoms with E-state index in [0.29, 0.717) is 23.9 Å². The highest BCUT2D eigenvalue weighted by atomic mass is 32.1. The summed E-state index contributed by atoms with van der Waals surface area (Å²) in [4.78, 5) is 30.2. The molecule has 0 radical (unpaired) electrons. The fraction of sp³-hybridized carbons (Fsp3) is 0.400. The lowest BCUT2D eigenvalue weighted by Crippen LogP contribution is -2.49. The second-order valence-electron chi connectivity index (χ2n) is 5.21. The van der Waals surface area contributed by atoms with Crippen molar-refractivity contribution in [2.45, 2.75) is 19.4 Å². The van der Waals surface area contributed by atoms with Gasteiger partial charge in [-0.05, 0) is 18.4 Å². The van der Waals surface area contributed by atoms with Crippen molar-refractivity contribution in [1.29, 1.82) is 0 Å². The second-order valence-corrected chi connectivity index (χ2v) is 6.16. The summed E-state index contributed by atoms with van der Waals surface area (Å²) < 4.78 is 10.7. The summed E-state index contributed by atoms with van der Waals surface area (Å²) in [5, 5.41) is 10.9. The molecule has 0 spiro atoms. The van der Waals surface area contributed by atoms with Crippen molar-refractivity contribution in [2.75, 3.05) is 19.7 Å². The highest BCUT2D eigenvalue weighted by Crippen LogP contribution is 2.26. The molecule has 0 aromatic carbocycles. The van der Waals surface area contributed by atoms with Crippen molar-refractivity contribution in [3.05, 3.63) is 29.0 Å². The van der Waals surface area contributed by atoms with Crippen molar-refractivity contribution in [3.63, 3.8) is 0 Å². The number of rotatable bonds is 4. The maximum absolute atomic E-state index is 12.4. The Morgan fingerprint density at radius 3 is 3.04 bits per heavy atom. The topological polar surface area (TPSA) is 92.9 Å². The summed E-state index contributed by atoms with van der Waals surface area (Å²) in [5.74, 6) is -0.121. The first-order valence-electron chi connectivity index (χ1n) is 7.17. The fourth-order valence-electron chi connectivity index (χ4n) is 2.38. The fourth-order valence-corrected chi connectivity index (χ4v) is 3.03. The third-order valence-electron chi connectivity index (χ3n) is 3.64. The van der Waals surface area contributed by atoms with Gasteiger partial charge < -0.3 is 19.2 Å². The molecule has 3 heterocycles. The zero-order valence-electron chi connectivity index (χ0n) is 12.5. The van der Waals surface area contributed by atoms with Crippen molar-refractivity contribution >= 4 is 23.2 Å². The largest absolute Gasteiger partial charge is 0.479 e. The molecule has 23 heavy (non-hydrogen) atoms. The summed E-state index contributed by atoms with van der Waals surface area (Å²) in [6.07, 6.45) is -0.875. The highest BCUT2D eigenvalue weighted by Gasteiger charge is 2.29. The van der Waals surface area contributed by atoms with Gasteiger partial charge in [0.25, 0.3) is 0 Å². The average Bonchev–Trinajstić information content (AvgIpc) is 3.18. The van der Waals surface area contributed by atoms with Gasteiger partial charge >= 0.3 is 5.97 Å². The van der Waals surface area contributed by atoms with E-state index in [1.165, 1.54) is 16.2 Å². The van der Waals surface area contributed by atoms with Crippen LogP contribution in [0.5, 0.6) is 0 Å². The van der Waals surface area contributed by atoms with Crippen LogP contribution >= 0.6 is 11.3 Å². The number of morpholine rings is 1. The Labute approximate surface area is 136 Å². The molecule has 7 nitrogen and oxygen atoms in total. The number of amides is 1. The van der Waals surface area contributed by atoms with Crippen LogP contribution in [0.25, 0.3) is 10.8 Å². The number of aryl methyl sites for hydroxylation is 1. The molecule has 0 aliphatic carbocycles. The van der Waals surface area contributed by atoms with Crippen molar-refractivity contribution in [2.24, 2.45) is 0 Å². The van der Waals surface area contributed by atoms with Crippen molar-refractivity contribution in [1.82, 2.24) is 9.88 Å². The van der Waals surface area contributed by atoms with Crippen LogP contribution in [0.3, 0.4) is 0 Å². The highest BCUT2D eigenvalue weighted by molar-refractivity contribution is 7.13. The monoisotopic (exact) mass is 336 g/mol. The number of carbonyl (C=O) groups is 2. The van der Waals surface area contributed by atoms with Gasteiger partial charge in [0, 0.05) is 6.54 Å². The molecule has 1 fully saturated rings. The molecule has 2 aromatic heterocycles. The number of oxazole rings is 1. The number of aliphatic carboxylic acids is 1. The average molecular weight is 336 g/mol. The van der Waals surface area contributed by atoms with Gasteiger partial charge in [0.15, 0.2) is 6.10 Å². The number of carboxylic acids is 1. The molecule has 1 saturated heterocycles. The molecule has 3 rings (SSSR count). The molecule has 1 aliphatic heterocycles. The molecule has 1 N–H and O–H groups in total. The number of aromatic nitrogens is 1. The molecular weight excluding hydrogens is 320 g/mol. The number of carboxylic acid groups (broad SMARTS) is 1. The van der Waals surface area contributed by atoms with Crippen LogP contribution in [-0.4, -0.2) is 52.7 Å². The number of hydrogen-bond acceptors (Lipinski definition) is 6. The van der Waals surface area contributed by atoms with Gasteiger partial charge in [-0.2, -0.15) is 0 Å². The Morgan fingerprint density at radius 1 is 1.52 bits per heavy atom. The maximum Gasteiger partial charge on any atom is 0.334 e. The van der Waals surface area contributed by atoms with Gasteiger partial charge in [-0.25, -0.2) is 9.78 Å². The van der Waals surface area contributed by atoms with Gasteiger partial charge in [-0.3, -0.25) is 4.79 Å². The standard InChI is InChI=1S/C15H16N2O5S/c1-9-10(16-14(22-9)12-3-2-6-23-12)7-13(18)17-4-5-21-11(8-17)15(19)20/h2-3,6,11H,4-5,7-8H2,1H3,(H,19,20). The van der Waals surface area contributed by atoms with E-state index in [0.717, 1.165) is 4.88 Å². The minimum atomic E-state index is -1.06. The normalized spacial score (nSPS) is 18.1. The number of thiophene rings is 1. The molecule has 2 aromatic rings. The van der Waals surface area contributed by atoms with E-state index in [2.05, 4.69) is 4.98 Å². The van der Waals surface area contributed by atoms with Crippen LogP contribution < -0.4 is 0 Å². The number of ether oxygens (including phenoxy) is 1. The molecule has 8 heteroatoms. The van der Waals surface area contributed by atoms with Crippen LogP contribution in [0.4, 0.5) is 0 Å². The minimum Gasteiger partial charge on any atom is -0.479 e. The summed E-state index contributed by atoms with van der Waals surface area (Å²) in [6.45, 7) is 2.44. The summed E-state index contributed by atoms with van der Waals surface area (Å²) in [5.41, 5.74) is 0.580. The lowest BCUT2D eigenvalue weighted by Gasteiger charge is -2.30. The summed E-state index contributed by atoms with van der Waals surface area (Å²) in [6, 6.07) is 3.81. The molecular formula is C15H16N2O5S. The first kappa shape index (κ1) is 15.7. The van der Waals surface area contributed by atoms with E-state index in [-0.39, 0.29) is 25.5 Å². The Balaban J connectivity index is 1.69. The van der Waals surface area contributed by atoms with E-state index in [1.807, 2.05) is 17.5 Å². The second kappa shape index (κ2) is 6.51. The van der Waals surface area contributed by atoms with E-state index >= 15 is 0 Å². The number of nitrogens with zero attached hydrogens (tertiary/aromatic N) is 2. The van der Waals surface area contributed by atoms with Crippen LogP contribution in [0.1, 0.15) is 11.5 Å². The molecule has 1 aliphatic rings. The van der Waals surface area contributed by atoms with Crippen LogP contribution in [0.15, 0.2) is 21.9 Å². The van der Waals surface area contributed by atoms with Gasteiger partial charge in [-0.15, -0.1) is 11.3 Å². The SMILES string of the molecule is Cc1oc(-c2cccs2)nc1CC(=O)N1CCOC(C(=O)O)C1. The van der Waals surface area contributed by atoms with Gasteiger partial charge in [0.2, 0.25) is 11.8 Å².